The number of hydrogen-bond donors (Lipinski definition) is 1. The van der Waals surface area contributed by atoms with Crippen molar-refractivity contribution < 1.29 is 4.79 Å². The first-order valence-electron chi connectivity index (χ1n) is 9.20. The Hall–Kier alpha value is -2.89. The third kappa shape index (κ3) is 2.92. The lowest BCUT2D eigenvalue weighted by molar-refractivity contribution is 0.0944. The third-order valence-electron chi connectivity index (χ3n) is 5.27. The average Bonchev–Trinajstić information content (AvgIpc) is 3.39. The molecule has 0 atom stereocenters. The van der Waals surface area contributed by atoms with Gasteiger partial charge >= 0.3 is 0 Å². The Labute approximate surface area is 151 Å². The highest BCUT2D eigenvalue weighted by molar-refractivity contribution is 5.95. The number of amides is 1. The van der Waals surface area contributed by atoms with Gasteiger partial charge in [0.25, 0.3) is 5.91 Å². The molecular formula is C20H21N5O. The van der Waals surface area contributed by atoms with Crippen molar-refractivity contribution in [2.45, 2.75) is 18.8 Å². The van der Waals surface area contributed by atoms with Crippen molar-refractivity contribution in [2.75, 3.05) is 24.5 Å². The second-order valence-corrected chi connectivity index (χ2v) is 7.33. The number of fused-ring (bicyclic) bond motifs is 1. The van der Waals surface area contributed by atoms with Crippen LogP contribution in [0.4, 0.5) is 5.82 Å². The Kier molecular flexibility index (Phi) is 3.62. The van der Waals surface area contributed by atoms with Crippen LogP contribution in [0.3, 0.4) is 0 Å². The number of nitrogens with one attached hydrogen (secondary N) is 1. The van der Waals surface area contributed by atoms with Crippen molar-refractivity contribution in [1.29, 1.82) is 0 Å². The second-order valence-electron chi connectivity index (χ2n) is 7.33. The van der Waals surface area contributed by atoms with Gasteiger partial charge in [0.05, 0.1) is 11.3 Å². The summed E-state index contributed by atoms with van der Waals surface area (Å²) in [6.45, 7) is 2.51. The van der Waals surface area contributed by atoms with Gasteiger partial charge in [0, 0.05) is 49.4 Å². The lowest BCUT2D eigenvalue weighted by atomic mass is 10.00. The molecule has 2 aliphatic rings. The van der Waals surface area contributed by atoms with Crippen LogP contribution in [0.5, 0.6) is 0 Å². The number of anilines is 1. The lowest BCUT2D eigenvalue weighted by Crippen LogP contribution is -2.51. The van der Waals surface area contributed by atoms with Crippen molar-refractivity contribution >= 4 is 17.2 Å². The van der Waals surface area contributed by atoms with E-state index in [1.54, 1.807) is 0 Å². The maximum Gasteiger partial charge on any atom is 0.252 e. The van der Waals surface area contributed by atoms with Gasteiger partial charge in [-0.25, -0.2) is 0 Å². The Morgan fingerprint density at radius 3 is 2.77 bits per heavy atom. The first-order valence-corrected chi connectivity index (χ1v) is 9.20. The van der Waals surface area contributed by atoms with E-state index in [1.807, 2.05) is 41.1 Å². The zero-order chi connectivity index (χ0) is 17.5. The Morgan fingerprint density at radius 2 is 2.04 bits per heavy atom. The molecule has 6 heteroatoms. The molecule has 1 saturated heterocycles. The summed E-state index contributed by atoms with van der Waals surface area (Å²) in [5.74, 6) is 2.03. The third-order valence-corrected chi connectivity index (χ3v) is 5.27. The van der Waals surface area contributed by atoms with Crippen LogP contribution in [0.1, 0.15) is 34.8 Å². The number of hydrogen-bond acceptors (Lipinski definition) is 4. The van der Waals surface area contributed by atoms with E-state index in [1.165, 1.54) is 12.8 Å². The molecule has 0 radical (unpaired) electrons. The molecule has 132 valence electrons. The number of carbonyl (C=O) groups excluding carboxylic acids is 1. The van der Waals surface area contributed by atoms with Gasteiger partial charge in [-0.05, 0) is 43.2 Å². The molecule has 1 N–H and O–H groups in total. The van der Waals surface area contributed by atoms with E-state index in [-0.39, 0.29) is 5.91 Å². The first-order chi connectivity index (χ1) is 12.8. The molecule has 2 fully saturated rings. The Bertz CT molecular complexity index is 905. The van der Waals surface area contributed by atoms with Gasteiger partial charge in [-0.3, -0.25) is 4.79 Å². The van der Waals surface area contributed by atoms with Crippen LogP contribution in [0.25, 0.3) is 5.52 Å². The topological polar surface area (TPSA) is 62.5 Å². The molecule has 0 spiro atoms. The number of nitrogens with zero attached hydrogens (tertiary/aromatic N) is 4. The molecule has 6 nitrogen and oxygen atoms in total. The standard InChI is InChI=1S/C20H21N5O/c26-20(16-9-17-3-1-2-8-24(17)13-16)21-10-14-11-25(12-14)19-7-6-18(22-23-19)15-4-5-15/h1-3,6-9,13-15H,4-5,10-12H2,(H,21,26). The summed E-state index contributed by atoms with van der Waals surface area (Å²) in [5.41, 5.74) is 2.85. The molecule has 3 aromatic rings. The normalized spacial score (nSPS) is 17.3. The van der Waals surface area contributed by atoms with Crippen LogP contribution in [-0.2, 0) is 0 Å². The Morgan fingerprint density at radius 1 is 1.15 bits per heavy atom. The number of carbonyl (C=O) groups is 1. The molecule has 3 aromatic heterocycles. The highest BCUT2D eigenvalue weighted by Gasteiger charge is 2.29. The van der Waals surface area contributed by atoms with Gasteiger partial charge in [-0.1, -0.05) is 6.07 Å². The molecule has 0 unspecified atom stereocenters. The summed E-state index contributed by atoms with van der Waals surface area (Å²) >= 11 is 0. The lowest BCUT2D eigenvalue weighted by Gasteiger charge is -2.39. The molecule has 1 amide bonds. The molecule has 4 heterocycles. The number of rotatable bonds is 5. The van der Waals surface area contributed by atoms with Gasteiger partial charge in [-0.15, -0.1) is 5.10 Å². The largest absolute Gasteiger partial charge is 0.354 e. The second kappa shape index (κ2) is 6.12. The van der Waals surface area contributed by atoms with Crippen molar-refractivity contribution in [2.24, 2.45) is 5.92 Å². The van der Waals surface area contributed by atoms with Crippen LogP contribution in [0, 0.1) is 5.92 Å². The van der Waals surface area contributed by atoms with Crippen LogP contribution in [0.15, 0.2) is 48.8 Å². The van der Waals surface area contributed by atoms with Gasteiger partial charge in [0.1, 0.15) is 0 Å². The predicted octanol–water partition coefficient (Wildman–Crippen LogP) is 2.47. The van der Waals surface area contributed by atoms with E-state index in [2.05, 4.69) is 32.5 Å². The number of aromatic nitrogens is 3. The predicted molar refractivity (Wildman–Crippen MR) is 99.4 cm³/mol. The molecule has 1 aliphatic heterocycles. The molecule has 0 aromatic carbocycles. The van der Waals surface area contributed by atoms with Crippen LogP contribution in [-0.4, -0.2) is 40.1 Å². The summed E-state index contributed by atoms with van der Waals surface area (Å²) in [5, 5.41) is 11.7. The maximum atomic E-state index is 12.4. The fraction of sp³-hybridized carbons (Fsp3) is 0.350. The van der Waals surface area contributed by atoms with E-state index in [9.17, 15) is 4.79 Å². The summed E-state index contributed by atoms with van der Waals surface area (Å²) in [7, 11) is 0. The van der Waals surface area contributed by atoms with E-state index >= 15 is 0 Å². The average molecular weight is 347 g/mol. The number of pyridine rings is 1. The van der Waals surface area contributed by atoms with E-state index in [0.717, 1.165) is 30.1 Å². The quantitative estimate of drug-likeness (QED) is 0.770. The minimum absolute atomic E-state index is 0.0132. The molecule has 1 aliphatic carbocycles. The SMILES string of the molecule is O=C(NCC1CN(c2ccc(C3CC3)nn2)C1)c1cc2ccccn2c1. The molecule has 26 heavy (non-hydrogen) atoms. The maximum absolute atomic E-state index is 12.4. The van der Waals surface area contributed by atoms with Crippen LogP contribution < -0.4 is 10.2 Å². The van der Waals surface area contributed by atoms with E-state index < -0.39 is 0 Å². The van der Waals surface area contributed by atoms with Gasteiger partial charge < -0.3 is 14.6 Å². The highest BCUT2D eigenvalue weighted by Crippen LogP contribution is 2.38. The zero-order valence-electron chi connectivity index (χ0n) is 14.5. The van der Waals surface area contributed by atoms with Gasteiger partial charge in [0.15, 0.2) is 5.82 Å². The van der Waals surface area contributed by atoms with Crippen LogP contribution in [0.2, 0.25) is 0 Å². The molecule has 0 bridgehead atoms. The minimum Gasteiger partial charge on any atom is -0.354 e. The summed E-state index contributed by atoms with van der Waals surface area (Å²) in [4.78, 5) is 14.6. The molecule has 5 rings (SSSR count). The van der Waals surface area contributed by atoms with Crippen LogP contribution >= 0.6 is 0 Å². The van der Waals surface area contributed by atoms with Crippen molar-refractivity contribution in [3.8, 4) is 0 Å². The van der Waals surface area contributed by atoms with Gasteiger partial charge in [-0.2, -0.15) is 5.10 Å². The minimum atomic E-state index is -0.0132. The van der Waals surface area contributed by atoms with Gasteiger partial charge in [0.2, 0.25) is 0 Å². The fourth-order valence-corrected chi connectivity index (χ4v) is 3.51. The van der Waals surface area contributed by atoms with Crippen molar-refractivity contribution in [1.82, 2.24) is 19.9 Å². The Balaban J connectivity index is 1.13. The summed E-state index contributed by atoms with van der Waals surface area (Å²) in [6, 6.07) is 12.0. The van der Waals surface area contributed by atoms with Crippen molar-refractivity contribution in [3.05, 3.63) is 60.0 Å². The molecular weight excluding hydrogens is 326 g/mol. The van der Waals surface area contributed by atoms with Crippen molar-refractivity contribution in [3.63, 3.8) is 0 Å². The monoisotopic (exact) mass is 347 g/mol. The van der Waals surface area contributed by atoms with E-state index in [4.69, 9.17) is 0 Å². The highest BCUT2D eigenvalue weighted by atomic mass is 16.1. The smallest absolute Gasteiger partial charge is 0.252 e. The zero-order valence-corrected chi connectivity index (χ0v) is 14.5. The first kappa shape index (κ1) is 15.4. The summed E-state index contributed by atoms with van der Waals surface area (Å²) in [6.07, 6.45) is 6.31. The fourth-order valence-electron chi connectivity index (χ4n) is 3.51. The molecule has 1 saturated carbocycles. The summed E-state index contributed by atoms with van der Waals surface area (Å²) < 4.78 is 1.96. The van der Waals surface area contributed by atoms with E-state index in [0.29, 0.717) is 23.9 Å².